The van der Waals surface area contributed by atoms with Crippen LogP contribution in [0, 0.1) is 16.0 Å². The summed E-state index contributed by atoms with van der Waals surface area (Å²) in [6, 6.07) is 3.23. The molecular weight excluding hydrogens is 274 g/mol. The lowest BCUT2D eigenvalue weighted by molar-refractivity contribution is -0.385. The molecule has 1 aliphatic heterocycles. The molecule has 1 atom stereocenters. The maximum Gasteiger partial charge on any atom is 0.311 e. The first-order valence-corrected chi connectivity index (χ1v) is 6.08. The Morgan fingerprint density at radius 1 is 1.44 bits per heavy atom. The number of nitro groups is 1. The van der Waals surface area contributed by atoms with E-state index in [1.165, 1.54) is 18.9 Å². The Bertz CT molecular complexity index is 471. The molecule has 1 unspecified atom stereocenters. The van der Waals surface area contributed by atoms with E-state index in [4.69, 9.17) is 4.74 Å². The van der Waals surface area contributed by atoms with Crippen LogP contribution in [0.25, 0.3) is 0 Å². The molecular formula is C11H10BrNO3. The lowest BCUT2D eigenvalue weighted by atomic mass is 10.1. The number of rotatable bonds is 2. The Labute approximate surface area is 101 Å². The SMILES string of the molecule is O=[N+]([O-])c1ccc(Br)c2c1OC(C1CC1)C2. The van der Waals surface area contributed by atoms with E-state index >= 15 is 0 Å². The van der Waals surface area contributed by atoms with Crippen LogP contribution >= 0.6 is 15.9 Å². The molecule has 0 amide bonds. The van der Waals surface area contributed by atoms with Crippen molar-refractivity contribution in [3.8, 4) is 5.75 Å². The predicted molar refractivity (Wildman–Crippen MR) is 61.6 cm³/mol. The average Bonchev–Trinajstić information content (AvgIpc) is 2.98. The summed E-state index contributed by atoms with van der Waals surface area (Å²) in [7, 11) is 0. The Balaban J connectivity index is 2.03. The van der Waals surface area contributed by atoms with E-state index in [1.807, 2.05) is 0 Å². The lowest BCUT2D eigenvalue weighted by Crippen LogP contribution is -2.15. The first-order chi connectivity index (χ1) is 7.66. The van der Waals surface area contributed by atoms with E-state index in [1.54, 1.807) is 6.07 Å². The molecule has 3 rings (SSSR count). The van der Waals surface area contributed by atoms with Gasteiger partial charge in [0.15, 0.2) is 0 Å². The van der Waals surface area contributed by atoms with Crippen LogP contribution in [0.1, 0.15) is 18.4 Å². The van der Waals surface area contributed by atoms with Crippen LogP contribution in [-0.2, 0) is 6.42 Å². The van der Waals surface area contributed by atoms with Gasteiger partial charge in [0.2, 0.25) is 5.75 Å². The zero-order valence-electron chi connectivity index (χ0n) is 8.48. The highest BCUT2D eigenvalue weighted by Crippen LogP contribution is 2.47. The summed E-state index contributed by atoms with van der Waals surface area (Å²) >= 11 is 3.42. The quantitative estimate of drug-likeness (QED) is 0.619. The molecule has 84 valence electrons. The van der Waals surface area contributed by atoms with Gasteiger partial charge in [0, 0.05) is 22.5 Å². The number of fused-ring (bicyclic) bond motifs is 1. The standard InChI is InChI=1S/C11H10BrNO3/c12-8-3-4-9(13(14)15)11-7(8)5-10(16-11)6-1-2-6/h3-4,6,10H,1-2,5H2. The van der Waals surface area contributed by atoms with E-state index in [9.17, 15) is 10.1 Å². The third-order valence-corrected chi connectivity index (χ3v) is 3.94. The zero-order valence-corrected chi connectivity index (χ0v) is 10.1. The maximum atomic E-state index is 10.9. The predicted octanol–water partition coefficient (Wildman–Crippen LogP) is 3.07. The third kappa shape index (κ3) is 1.50. The monoisotopic (exact) mass is 283 g/mol. The molecule has 1 aliphatic carbocycles. The number of nitro benzene ring substituents is 1. The van der Waals surface area contributed by atoms with Gasteiger partial charge in [-0.2, -0.15) is 0 Å². The molecule has 0 saturated heterocycles. The van der Waals surface area contributed by atoms with Gasteiger partial charge in [0.05, 0.1) is 4.92 Å². The molecule has 5 heteroatoms. The first kappa shape index (κ1) is 10.1. The summed E-state index contributed by atoms with van der Waals surface area (Å²) in [6.07, 6.45) is 3.31. The molecule has 4 nitrogen and oxygen atoms in total. The number of benzene rings is 1. The fourth-order valence-corrected chi connectivity index (χ4v) is 2.66. The molecule has 1 fully saturated rings. The highest BCUT2D eigenvalue weighted by atomic mass is 79.9. The summed E-state index contributed by atoms with van der Waals surface area (Å²) < 4.78 is 6.65. The van der Waals surface area contributed by atoms with Crippen molar-refractivity contribution in [1.82, 2.24) is 0 Å². The number of nitrogens with zero attached hydrogens (tertiary/aromatic N) is 1. The fraction of sp³-hybridized carbons (Fsp3) is 0.455. The van der Waals surface area contributed by atoms with Crippen molar-refractivity contribution in [1.29, 1.82) is 0 Å². The topological polar surface area (TPSA) is 52.4 Å². The van der Waals surface area contributed by atoms with Gasteiger partial charge in [0.25, 0.3) is 0 Å². The van der Waals surface area contributed by atoms with Gasteiger partial charge in [-0.05, 0) is 24.8 Å². The highest BCUT2D eigenvalue weighted by molar-refractivity contribution is 9.10. The molecule has 0 N–H and O–H groups in total. The normalized spacial score (nSPS) is 22.7. The largest absolute Gasteiger partial charge is 0.483 e. The van der Waals surface area contributed by atoms with Gasteiger partial charge in [-0.25, -0.2) is 0 Å². The summed E-state index contributed by atoms with van der Waals surface area (Å²) in [5.74, 6) is 1.06. The maximum absolute atomic E-state index is 10.9. The van der Waals surface area contributed by atoms with Crippen LogP contribution in [0.3, 0.4) is 0 Å². The average molecular weight is 284 g/mol. The molecule has 1 heterocycles. The molecule has 1 aromatic rings. The van der Waals surface area contributed by atoms with Crippen LogP contribution < -0.4 is 4.74 Å². The second-order valence-corrected chi connectivity index (χ2v) is 5.18. The van der Waals surface area contributed by atoms with Crippen molar-refractivity contribution in [2.75, 3.05) is 0 Å². The van der Waals surface area contributed by atoms with Crippen LogP contribution in [-0.4, -0.2) is 11.0 Å². The van der Waals surface area contributed by atoms with Crippen molar-refractivity contribution >= 4 is 21.6 Å². The summed E-state index contributed by atoms with van der Waals surface area (Å²) in [4.78, 5) is 10.5. The van der Waals surface area contributed by atoms with Gasteiger partial charge >= 0.3 is 5.69 Å². The van der Waals surface area contributed by atoms with Crippen LogP contribution in [0.2, 0.25) is 0 Å². The minimum Gasteiger partial charge on any atom is -0.483 e. The lowest BCUT2D eigenvalue weighted by Gasteiger charge is -2.07. The molecule has 0 bridgehead atoms. The summed E-state index contributed by atoms with van der Waals surface area (Å²) in [6.45, 7) is 0. The van der Waals surface area contributed by atoms with Crippen LogP contribution in [0.4, 0.5) is 5.69 Å². The third-order valence-electron chi connectivity index (χ3n) is 3.20. The van der Waals surface area contributed by atoms with Gasteiger partial charge in [-0.15, -0.1) is 0 Å². The Morgan fingerprint density at radius 2 is 2.19 bits per heavy atom. The fourth-order valence-electron chi connectivity index (χ4n) is 2.18. The van der Waals surface area contributed by atoms with Gasteiger partial charge in [0.1, 0.15) is 6.10 Å². The molecule has 16 heavy (non-hydrogen) atoms. The van der Waals surface area contributed by atoms with E-state index in [2.05, 4.69) is 15.9 Å². The first-order valence-electron chi connectivity index (χ1n) is 5.29. The van der Waals surface area contributed by atoms with Crippen molar-refractivity contribution in [3.05, 3.63) is 32.3 Å². The van der Waals surface area contributed by atoms with E-state index < -0.39 is 0 Å². The van der Waals surface area contributed by atoms with Gasteiger partial charge in [-0.3, -0.25) is 10.1 Å². The number of halogens is 1. The summed E-state index contributed by atoms with van der Waals surface area (Å²) in [5.41, 5.74) is 1.03. The molecule has 0 aromatic heterocycles. The van der Waals surface area contributed by atoms with Gasteiger partial charge < -0.3 is 4.74 Å². The number of hydrogen-bond acceptors (Lipinski definition) is 3. The Hall–Kier alpha value is -1.10. The minimum absolute atomic E-state index is 0.0846. The second kappa shape index (κ2) is 3.45. The van der Waals surface area contributed by atoms with Crippen molar-refractivity contribution in [3.63, 3.8) is 0 Å². The Kier molecular flexibility index (Phi) is 2.17. The minimum atomic E-state index is -0.374. The smallest absolute Gasteiger partial charge is 0.311 e. The molecule has 0 spiro atoms. The van der Waals surface area contributed by atoms with Crippen molar-refractivity contribution in [2.45, 2.75) is 25.4 Å². The Morgan fingerprint density at radius 3 is 2.81 bits per heavy atom. The van der Waals surface area contributed by atoms with Gasteiger partial charge in [-0.1, -0.05) is 15.9 Å². The van der Waals surface area contributed by atoms with Crippen LogP contribution in [0.15, 0.2) is 16.6 Å². The molecule has 0 radical (unpaired) electrons. The molecule has 1 saturated carbocycles. The molecule has 2 aliphatic rings. The molecule has 1 aromatic carbocycles. The van der Waals surface area contributed by atoms with E-state index in [0.717, 1.165) is 16.5 Å². The van der Waals surface area contributed by atoms with Crippen molar-refractivity contribution < 1.29 is 9.66 Å². The highest BCUT2D eigenvalue weighted by Gasteiger charge is 2.40. The van der Waals surface area contributed by atoms with Crippen molar-refractivity contribution in [2.24, 2.45) is 5.92 Å². The summed E-state index contributed by atoms with van der Waals surface area (Å²) in [5, 5.41) is 10.9. The van der Waals surface area contributed by atoms with Crippen LogP contribution in [0.5, 0.6) is 5.75 Å². The second-order valence-electron chi connectivity index (χ2n) is 4.33. The van der Waals surface area contributed by atoms with E-state index in [0.29, 0.717) is 11.7 Å². The number of hydrogen-bond donors (Lipinski definition) is 0. The van der Waals surface area contributed by atoms with E-state index in [-0.39, 0.29) is 16.7 Å². The zero-order chi connectivity index (χ0) is 11.3. The number of ether oxygens (including phenoxy) is 1.